The fourth-order valence-corrected chi connectivity index (χ4v) is 8.26. The molecule has 6 nitrogen and oxygen atoms in total. The average molecular weight is 576 g/mol. The van der Waals surface area contributed by atoms with Crippen LogP contribution in [0.1, 0.15) is 28.2 Å². The number of thioether (sulfide) groups is 1. The van der Waals surface area contributed by atoms with Crippen molar-refractivity contribution in [3.8, 4) is 0 Å². The first-order chi connectivity index (χ1) is 20.0. The van der Waals surface area contributed by atoms with E-state index in [-0.39, 0.29) is 22.7 Å². The van der Waals surface area contributed by atoms with Crippen LogP contribution >= 0.6 is 24.0 Å². The van der Waals surface area contributed by atoms with E-state index >= 15 is 0 Å². The lowest BCUT2D eigenvalue weighted by Gasteiger charge is -2.35. The molecular weight excluding hydrogens is 551 g/mol. The number of nitrogens with zero attached hydrogens (tertiary/aromatic N) is 2. The van der Waals surface area contributed by atoms with E-state index in [9.17, 15) is 14.4 Å². The summed E-state index contributed by atoms with van der Waals surface area (Å²) in [6.45, 7) is 0.497. The van der Waals surface area contributed by atoms with Gasteiger partial charge >= 0.3 is 0 Å². The lowest BCUT2D eigenvalue weighted by atomic mass is 9.71. The van der Waals surface area contributed by atoms with E-state index in [4.69, 9.17) is 12.2 Å². The summed E-state index contributed by atoms with van der Waals surface area (Å²) in [6.07, 6.45) is 0. The maximum atomic E-state index is 14.8. The molecule has 202 valence electrons. The topological polar surface area (TPSA) is 69.7 Å². The Kier molecular flexibility index (Phi) is 6.06. The van der Waals surface area contributed by atoms with Crippen LogP contribution < -0.4 is 10.2 Å². The highest BCUT2D eigenvalue weighted by Gasteiger charge is 2.75. The fraction of sp³-hybridized carbons (Fsp3) is 0.152. The van der Waals surface area contributed by atoms with Crippen LogP contribution in [0.2, 0.25) is 0 Å². The largest absolute Gasteiger partial charge is 0.360 e. The minimum absolute atomic E-state index is 0.134. The molecule has 3 aliphatic heterocycles. The lowest BCUT2D eigenvalue weighted by molar-refractivity contribution is -0.129. The Morgan fingerprint density at radius 2 is 1.22 bits per heavy atom. The van der Waals surface area contributed by atoms with E-state index in [0.29, 0.717) is 6.54 Å². The van der Waals surface area contributed by atoms with Gasteiger partial charge in [0, 0.05) is 5.56 Å². The third-order valence-corrected chi connectivity index (χ3v) is 10.1. The molecule has 0 bridgehead atoms. The second kappa shape index (κ2) is 9.68. The van der Waals surface area contributed by atoms with E-state index < -0.39 is 22.1 Å². The molecule has 0 aliphatic carbocycles. The second-order valence-electron chi connectivity index (χ2n) is 10.5. The number of rotatable bonds is 5. The molecule has 3 atom stereocenters. The van der Waals surface area contributed by atoms with Crippen LogP contribution in [0.25, 0.3) is 0 Å². The number of thiocarbonyl (C=S) groups is 1. The maximum absolute atomic E-state index is 14.8. The SMILES string of the molecule is O=C1S[C@@]2(C(=O)N1Cc1ccccc1)C(=S)N[C@]1(C(=O)N(Cc3ccccc3)c3ccccc31)[C@H]2c1ccccc1. The van der Waals surface area contributed by atoms with Gasteiger partial charge in [0.25, 0.3) is 17.1 Å². The molecule has 8 heteroatoms. The van der Waals surface area contributed by atoms with Gasteiger partial charge in [0.2, 0.25) is 0 Å². The van der Waals surface area contributed by atoms with E-state index in [2.05, 4.69) is 5.32 Å². The van der Waals surface area contributed by atoms with Crippen LogP contribution in [0.5, 0.6) is 0 Å². The first-order valence-corrected chi connectivity index (χ1v) is 14.6. The van der Waals surface area contributed by atoms with Crippen LogP contribution in [0, 0.1) is 0 Å². The molecule has 4 aromatic carbocycles. The number of nitrogens with one attached hydrogen (secondary N) is 1. The molecule has 0 aromatic heterocycles. The van der Waals surface area contributed by atoms with Crippen molar-refractivity contribution < 1.29 is 14.4 Å². The molecule has 0 unspecified atom stereocenters. The van der Waals surface area contributed by atoms with Crippen molar-refractivity contribution in [2.45, 2.75) is 29.3 Å². The number of hydrogen-bond acceptors (Lipinski definition) is 5. The summed E-state index contributed by atoms with van der Waals surface area (Å²) in [5, 5.41) is 3.01. The fourth-order valence-electron chi connectivity index (χ4n) is 6.46. The Balaban J connectivity index is 1.40. The molecule has 3 heterocycles. The Bertz CT molecular complexity index is 1700. The van der Waals surface area contributed by atoms with Gasteiger partial charge in [-0.3, -0.25) is 19.3 Å². The first-order valence-electron chi connectivity index (χ1n) is 13.4. The first kappa shape index (κ1) is 25.7. The van der Waals surface area contributed by atoms with Crippen molar-refractivity contribution in [2.24, 2.45) is 0 Å². The predicted molar refractivity (Wildman–Crippen MR) is 163 cm³/mol. The maximum Gasteiger partial charge on any atom is 0.290 e. The smallest absolute Gasteiger partial charge is 0.290 e. The number of hydrogen-bond donors (Lipinski definition) is 1. The number of carbonyl (C=O) groups is 3. The van der Waals surface area contributed by atoms with Gasteiger partial charge in [-0.25, -0.2) is 0 Å². The third-order valence-electron chi connectivity index (χ3n) is 8.22. The predicted octanol–water partition coefficient (Wildman–Crippen LogP) is 5.78. The van der Waals surface area contributed by atoms with Gasteiger partial charge in [-0.1, -0.05) is 121 Å². The molecule has 2 saturated heterocycles. The number of anilines is 1. The van der Waals surface area contributed by atoms with Gasteiger partial charge in [-0.05, 0) is 34.5 Å². The quantitative estimate of drug-likeness (QED) is 0.305. The molecule has 3 amide bonds. The molecule has 7 rings (SSSR count). The Morgan fingerprint density at radius 1 is 0.683 bits per heavy atom. The van der Waals surface area contributed by atoms with E-state index in [0.717, 1.165) is 39.7 Å². The van der Waals surface area contributed by atoms with Gasteiger partial charge in [-0.15, -0.1) is 0 Å². The highest BCUT2D eigenvalue weighted by molar-refractivity contribution is 8.17. The number of fused-ring (bicyclic) bond motifs is 2. The van der Waals surface area contributed by atoms with Crippen LogP contribution in [0.3, 0.4) is 0 Å². The normalized spacial score (nSPS) is 24.9. The number of para-hydroxylation sites is 1. The molecule has 4 aromatic rings. The van der Waals surface area contributed by atoms with E-state index in [1.165, 1.54) is 4.90 Å². The zero-order chi connectivity index (χ0) is 28.2. The van der Waals surface area contributed by atoms with Crippen molar-refractivity contribution in [1.82, 2.24) is 10.2 Å². The average Bonchev–Trinajstić information content (AvgIpc) is 3.51. The van der Waals surface area contributed by atoms with Crippen molar-refractivity contribution in [3.05, 3.63) is 138 Å². The van der Waals surface area contributed by atoms with Crippen LogP contribution in [0.4, 0.5) is 10.5 Å². The molecular formula is C33H25N3O3S2. The Morgan fingerprint density at radius 3 is 1.85 bits per heavy atom. The van der Waals surface area contributed by atoms with Crippen molar-refractivity contribution in [3.63, 3.8) is 0 Å². The molecule has 2 spiro atoms. The van der Waals surface area contributed by atoms with Gasteiger partial charge in [0.05, 0.1) is 24.7 Å². The molecule has 0 radical (unpaired) electrons. The summed E-state index contributed by atoms with van der Waals surface area (Å²) in [4.78, 5) is 46.1. The van der Waals surface area contributed by atoms with Gasteiger partial charge in [0.15, 0.2) is 10.3 Å². The van der Waals surface area contributed by atoms with E-state index in [1.807, 2.05) is 115 Å². The standard InChI is InChI=1S/C33H25N3O3S2/c37-29-32(25-18-10-11-19-26(25)35(29)20-22-12-4-1-5-13-22)27(24-16-8-3-9-17-24)33(28(40)34-32)30(38)36(31(39)41-33)21-23-14-6-2-7-15-23/h1-19,27H,20-21H2,(H,34,40)/t27-,32+,33-/m1/s1. The van der Waals surface area contributed by atoms with E-state index in [1.54, 1.807) is 4.90 Å². The Hall–Kier alpha value is -4.27. The van der Waals surface area contributed by atoms with Crippen molar-refractivity contribution >= 4 is 51.7 Å². The zero-order valence-electron chi connectivity index (χ0n) is 21.9. The highest BCUT2D eigenvalue weighted by Crippen LogP contribution is 2.62. The number of benzene rings is 4. The van der Waals surface area contributed by atoms with Crippen LogP contribution in [0.15, 0.2) is 115 Å². The molecule has 3 aliphatic rings. The summed E-state index contributed by atoms with van der Waals surface area (Å²) < 4.78 is -1.48. The monoisotopic (exact) mass is 575 g/mol. The summed E-state index contributed by atoms with van der Waals surface area (Å²) in [7, 11) is 0. The zero-order valence-corrected chi connectivity index (χ0v) is 23.5. The van der Waals surface area contributed by atoms with Crippen molar-refractivity contribution in [2.75, 3.05) is 4.90 Å². The minimum Gasteiger partial charge on any atom is -0.360 e. The summed E-state index contributed by atoms with van der Waals surface area (Å²) in [5.41, 5.74) is 2.73. The van der Waals surface area contributed by atoms with Crippen LogP contribution in [-0.4, -0.2) is 31.7 Å². The number of amides is 3. The summed E-state index contributed by atoms with van der Waals surface area (Å²) in [6, 6.07) is 36.4. The number of carbonyl (C=O) groups excluding carboxylic acids is 3. The lowest BCUT2D eigenvalue weighted by Crippen LogP contribution is -2.52. The third kappa shape index (κ3) is 3.71. The van der Waals surface area contributed by atoms with Gasteiger partial charge in [0.1, 0.15) is 4.99 Å². The number of imide groups is 1. The minimum atomic E-state index is -1.48. The molecule has 0 saturated carbocycles. The molecule has 41 heavy (non-hydrogen) atoms. The van der Waals surface area contributed by atoms with Gasteiger partial charge in [-0.2, -0.15) is 0 Å². The molecule has 2 fully saturated rings. The van der Waals surface area contributed by atoms with Crippen molar-refractivity contribution in [1.29, 1.82) is 0 Å². The van der Waals surface area contributed by atoms with Crippen LogP contribution in [-0.2, 0) is 28.2 Å². The Labute approximate surface area is 247 Å². The van der Waals surface area contributed by atoms with Gasteiger partial charge < -0.3 is 10.2 Å². The summed E-state index contributed by atoms with van der Waals surface area (Å²) in [5.74, 6) is -1.36. The highest BCUT2D eigenvalue weighted by atomic mass is 32.2. The summed E-state index contributed by atoms with van der Waals surface area (Å²) >= 11 is 6.90. The second-order valence-corrected chi connectivity index (χ2v) is 12.1. The molecule has 1 N–H and O–H groups in total.